The van der Waals surface area contributed by atoms with Gasteiger partial charge in [-0.3, -0.25) is 0 Å². The number of hydrogen-bond acceptors (Lipinski definition) is 3. The second-order valence-electron chi connectivity index (χ2n) is 4.78. The molecule has 1 fully saturated rings. The Morgan fingerprint density at radius 1 is 1.32 bits per heavy atom. The van der Waals surface area contributed by atoms with Gasteiger partial charge in [0.25, 0.3) is 0 Å². The largest absolute Gasteiger partial charge is 0.308 e. The molecule has 3 rings (SSSR count). The Labute approximate surface area is 121 Å². The average Bonchev–Trinajstić information content (AvgIpc) is 3.13. The van der Waals surface area contributed by atoms with Crippen molar-refractivity contribution in [3.63, 3.8) is 0 Å². The zero-order valence-electron chi connectivity index (χ0n) is 10.3. The fourth-order valence-corrected chi connectivity index (χ4v) is 2.26. The summed E-state index contributed by atoms with van der Waals surface area (Å²) in [5, 5.41) is 12.8. The molecule has 0 amide bonds. The summed E-state index contributed by atoms with van der Waals surface area (Å²) in [5.74, 6) is 0. The molecule has 6 heteroatoms. The number of nitrogens with one attached hydrogen (secondary N) is 1. The van der Waals surface area contributed by atoms with Gasteiger partial charge in [-0.25, -0.2) is 4.68 Å². The first-order chi connectivity index (χ1) is 9.22. The molecular formula is C13H14Cl2N4. The lowest BCUT2D eigenvalue weighted by molar-refractivity contribution is 0.646. The Bertz CT molecular complexity index is 578. The zero-order valence-corrected chi connectivity index (χ0v) is 11.8. The molecule has 1 aromatic heterocycles. The molecule has 4 nitrogen and oxygen atoms in total. The first kappa shape index (κ1) is 12.9. The number of rotatable bonds is 5. The van der Waals surface area contributed by atoms with Gasteiger partial charge in [-0.05, 0) is 24.5 Å². The summed E-state index contributed by atoms with van der Waals surface area (Å²) in [7, 11) is 0. The van der Waals surface area contributed by atoms with E-state index < -0.39 is 0 Å². The van der Waals surface area contributed by atoms with Crippen LogP contribution in [0.5, 0.6) is 0 Å². The van der Waals surface area contributed by atoms with E-state index in [1.54, 1.807) is 10.7 Å². The number of halogens is 2. The third kappa shape index (κ3) is 3.26. The van der Waals surface area contributed by atoms with E-state index >= 15 is 0 Å². The summed E-state index contributed by atoms with van der Waals surface area (Å²) in [4.78, 5) is 0. The zero-order chi connectivity index (χ0) is 13.2. The highest BCUT2D eigenvalue weighted by Gasteiger charge is 2.20. The maximum atomic E-state index is 6.16. The molecule has 100 valence electrons. The number of hydrogen-bond donors (Lipinski definition) is 1. The second-order valence-corrected chi connectivity index (χ2v) is 5.56. The van der Waals surface area contributed by atoms with E-state index in [9.17, 15) is 0 Å². The summed E-state index contributed by atoms with van der Waals surface area (Å²) in [6.07, 6.45) is 4.48. The summed E-state index contributed by atoms with van der Waals surface area (Å²) in [5.41, 5.74) is 1.89. The Morgan fingerprint density at radius 2 is 2.16 bits per heavy atom. The molecular weight excluding hydrogens is 283 g/mol. The first-order valence-electron chi connectivity index (χ1n) is 6.27. The standard InChI is InChI=1S/C13H14Cl2N4/c14-12-3-1-2-9(13(12)15)7-19-8-11(17-18-19)6-16-10-4-5-10/h1-3,8,10,16H,4-7H2. The van der Waals surface area contributed by atoms with Crippen molar-refractivity contribution in [2.45, 2.75) is 32.0 Å². The Balaban J connectivity index is 1.67. The number of aromatic nitrogens is 3. The molecule has 1 aromatic carbocycles. The van der Waals surface area contributed by atoms with Crippen molar-refractivity contribution in [3.8, 4) is 0 Å². The third-order valence-electron chi connectivity index (χ3n) is 3.10. The van der Waals surface area contributed by atoms with Gasteiger partial charge in [0.05, 0.1) is 28.5 Å². The molecule has 0 bridgehead atoms. The van der Waals surface area contributed by atoms with Gasteiger partial charge in [-0.1, -0.05) is 40.5 Å². The van der Waals surface area contributed by atoms with Crippen LogP contribution in [-0.2, 0) is 13.1 Å². The van der Waals surface area contributed by atoms with Gasteiger partial charge in [0.1, 0.15) is 0 Å². The molecule has 1 heterocycles. The molecule has 1 saturated carbocycles. The van der Waals surface area contributed by atoms with Crippen LogP contribution in [0.1, 0.15) is 24.1 Å². The molecule has 0 aliphatic heterocycles. The van der Waals surface area contributed by atoms with Gasteiger partial charge in [0, 0.05) is 12.6 Å². The van der Waals surface area contributed by atoms with E-state index in [4.69, 9.17) is 23.2 Å². The average molecular weight is 297 g/mol. The van der Waals surface area contributed by atoms with Crippen molar-refractivity contribution < 1.29 is 0 Å². The third-order valence-corrected chi connectivity index (χ3v) is 3.96. The van der Waals surface area contributed by atoms with E-state index in [1.807, 2.05) is 18.3 Å². The maximum absolute atomic E-state index is 6.16. The Morgan fingerprint density at radius 3 is 2.95 bits per heavy atom. The normalized spacial score (nSPS) is 14.8. The highest BCUT2D eigenvalue weighted by atomic mass is 35.5. The topological polar surface area (TPSA) is 42.7 Å². The van der Waals surface area contributed by atoms with Gasteiger partial charge in [0.2, 0.25) is 0 Å². The molecule has 0 radical (unpaired) electrons. The minimum atomic E-state index is 0.565. The number of benzene rings is 1. The number of nitrogens with zero attached hydrogens (tertiary/aromatic N) is 3. The highest BCUT2D eigenvalue weighted by molar-refractivity contribution is 6.42. The van der Waals surface area contributed by atoms with Gasteiger partial charge >= 0.3 is 0 Å². The van der Waals surface area contributed by atoms with Crippen LogP contribution in [0.3, 0.4) is 0 Å². The Kier molecular flexibility index (Phi) is 3.73. The SMILES string of the molecule is Clc1cccc(Cn2cc(CNC3CC3)nn2)c1Cl. The van der Waals surface area contributed by atoms with Crippen molar-refractivity contribution in [1.82, 2.24) is 20.3 Å². The minimum Gasteiger partial charge on any atom is -0.308 e. The van der Waals surface area contributed by atoms with Crippen LogP contribution in [0.2, 0.25) is 10.0 Å². The summed E-state index contributed by atoms with van der Waals surface area (Å²) in [6, 6.07) is 6.28. The quantitative estimate of drug-likeness (QED) is 0.922. The van der Waals surface area contributed by atoms with E-state index in [1.165, 1.54) is 12.8 Å². The van der Waals surface area contributed by atoms with E-state index in [0.717, 1.165) is 17.8 Å². The monoisotopic (exact) mass is 296 g/mol. The molecule has 2 aromatic rings. The van der Waals surface area contributed by atoms with Crippen molar-refractivity contribution in [2.75, 3.05) is 0 Å². The highest BCUT2D eigenvalue weighted by Crippen LogP contribution is 2.26. The fraction of sp³-hybridized carbons (Fsp3) is 0.385. The molecule has 1 aliphatic carbocycles. The molecule has 1 N–H and O–H groups in total. The second kappa shape index (κ2) is 5.49. The van der Waals surface area contributed by atoms with Gasteiger partial charge < -0.3 is 5.32 Å². The van der Waals surface area contributed by atoms with Gasteiger partial charge in [0.15, 0.2) is 0 Å². The van der Waals surface area contributed by atoms with Crippen LogP contribution in [-0.4, -0.2) is 21.0 Å². The summed E-state index contributed by atoms with van der Waals surface area (Å²) in [6.45, 7) is 1.35. The lowest BCUT2D eigenvalue weighted by atomic mass is 10.2. The maximum Gasteiger partial charge on any atom is 0.0965 e. The smallest absolute Gasteiger partial charge is 0.0965 e. The van der Waals surface area contributed by atoms with Crippen LogP contribution >= 0.6 is 23.2 Å². The van der Waals surface area contributed by atoms with Crippen molar-refractivity contribution in [2.24, 2.45) is 0 Å². The van der Waals surface area contributed by atoms with Gasteiger partial charge in [-0.15, -0.1) is 5.10 Å². The molecule has 0 spiro atoms. The molecule has 0 atom stereocenters. The van der Waals surface area contributed by atoms with Crippen molar-refractivity contribution >= 4 is 23.2 Å². The summed E-state index contributed by atoms with van der Waals surface area (Å²) < 4.78 is 1.78. The lowest BCUT2D eigenvalue weighted by Gasteiger charge is -2.04. The van der Waals surface area contributed by atoms with Crippen molar-refractivity contribution in [3.05, 3.63) is 45.7 Å². The van der Waals surface area contributed by atoms with Crippen LogP contribution in [0, 0.1) is 0 Å². The van der Waals surface area contributed by atoms with Gasteiger partial charge in [-0.2, -0.15) is 0 Å². The lowest BCUT2D eigenvalue weighted by Crippen LogP contribution is -2.15. The van der Waals surface area contributed by atoms with Crippen molar-refractivity contribution in [1.29, 1.82) is 0 Å². The molecule has 0 saturated heterocycles. The van der Waals surface area contributed by atoms with E-state index in [2.05, 4.69) is 15.6 Å². The Hall–Kier alpha value is -1.10. The molecule has 19 heavy (non-hydrogen) atoms. The fourth-order valence-electron chi connectivity index (χ4n) is 1.88. The van der Waals surface area contributed by atoms with E-state index in [-0.39, 0.29) is 0 Å². The van der Waals surface area contributed by atoms with Crippen LogP contribution in [0.15, 0.2) is 24.4 Å². The first-order valence-corrected chi connectivity index (χ1v) is 7.03. The molecule has 0 unspecified atom stereocenters. The van der Waals surface area contributed by atoms with Crippen LogP contribution < -0.4 is 5.32 Å². The predicted octanol–water partition coefficient (Wildman–Crippen LogP) is 2.89. The van der Waals surface area contributed by atoms with E-state index in [0.29, 0.717) is 22.6 Å². The summed E-state index contributed by atoms with van der Waals surface area (Å²) >= 11 is 12.1. The van der Waals surface area contributed by atoms with Crippen LogP contribution in [0.25, 0.3) is 0 Å². The minimum absolute atomic E-state index is 0.565. The predicted molar refractivity (Wildman–Crippen MR) is 75.4 cm³/mol. The van der Waals surface area contributed by atoms with Crippen LogP contribution in [0.4, 0.5) is 0 Å². The molecule has 1 aliphatic rings.